The van der Waals surface area contributed by atoms with Gasteiger partial charge in [0, 0.05) is 22.9 Å². The van der Waals surface area contributed by atoms with Crippen LogP contribution in [0.1, 0.15) is 5.56 Å². The molecule has 92 valence electrons. The van der Waals surface area contributed by atoms with Gasteiger partial charge >= 0.3 is 0 Å². The smallest absolute Gasteiger partial charge is 0.272 e. The zero-order valence-corrected chi connectivity index (χ0v) is 9.75. The van der Waals surface area contributed by atoms with Gasteiger partial charge in [-0.2, -0.15) is 0 Å². The van der Waals surface area contributed by atoms with E-state index in [1.807, 2.05) is 0 Å². The van der Waals surface area contributed by atoms with Gasteiger partial charge in [-0.05, 0) is 24.6 Å². The SMILES string of the molecule is Cc1ccc(-c2c(N)cccc2O)cc1[N+](=O)[O-]. The number of anilines is 1. The molecule has 0 aromatic heterocycles. The zero-order valence-electron chi connectivity index (χ0n) is 9.75. The van der Waals surface area contributed by atoms with Crippen LogP contribution in [0.25, 0.3) is 11.1 Å². The Morgan fingerprint density at radius 1 is 1.28 bits per heavy atom. The molecule has 0 aliphatic rings. The number of benzene rings is 2. The van der Waals surface area contributed by atoms with Gasteiger partial charge in [-0.25, -0.2) is 0 Å². The predicted octanol–water partition coefficient (Wildman–Crippen LogP) is 2.86. The number of rotatable bonds is 2. The number of phenolic OH excluding ortho intramolecular Hbond substituents is 1. The average Bonchev–Trinajstić information content (AvgIpc) is 2.30. The Labute approximate surface area is 104 Å². The molecule has 0 unspecified atom stereocenters. The number of nitro benzene ring substituents is 1. The summed E-state index contributed by atoms with van der Waals surface area (Å²) in [6, 6.07) is 9.52. The highest BCUT2D eigenvalue weighted by Crippen LogP contribution is 2.36. The van der Waals surface area contributed by atoms with Crippen LogP contribution >= 0.6 is 0 Å². The van der Waals surface area contributed by atoms with Crippen molar-refractivity contribution in [3.05, 3.63) is 52.1 Å². The molecule has 2 aromatic carbocycles. The summed E-state index contributed by atoms with van der Waals surface area (Å²) < 4.78 is 0. The van der Waals surface area contributed by atoms with E-state index in [1.165, 1.54) is 12.1 Å². The van der Waals surface area contributed by atoms with Crippen LogP contribution in [-0.2, 0) is 0 Å². The normalized spacial score (nSPS) is 10.3. The third kappa shape index (κ3) is 1.98. The second-order valence-electron chi connectivity index (χ2n) is 4.00. The van der Waals surface area contributed by atoms with Crippen molar-refractivity contribution in [3.63, 3.8) is 0 Å². The molecule has 0 aliphatic heterocycles. The van der Waals surface area contributed by atoms with E-state index >= 15 is 0 Å². The van der Waals surface area contributed by atoms with Gasteiger partial charge in [-0.15, -0.1) is 0 Å². The van der Waals surface area contributed by atoms with Gasteiger partial charge in [-0.3, -0.25) is 10.1 Å². The van der Waals surface area contributed by atoms with Gasteiger partial charge in [0.25, 0.3) is 5.69 Å². The van der Waals surface area contributed by atoms with Crippen LogP contribution in [0.4, 0.5) is 11.4 Å². The predicted molar refractivity (Wildman–Crippen MR) is 69.3 cm³/mol. The molecule has 0 bridgehead atoms. The van der Waals surface area contributed by atoms with Gasteiger partial charge in [0.2, 0.25) is 0 Å². The summed E-state index contributed by atoms with van der Waals surface area (Å²) in [5, 5.41) is 20.7. The highest BCUT2D eigenvalue weighted by molar-refractivity contribution is 5.82. The summed E-state index contributed by atoms with van der Waals surface area (Å²) in [4.78, 5) is 10.4. The molecule has 0 radical (unpaired) electrons. The van der Waals surface area contributed by atoms with E-state index in [0.717, 1.165) is 0 Å². The summed E-state index contributed by atoms with van der Waals surface area (Å²) in [5.74, 6) is 0.00755. The topological polar surface area (TPSA) is 89.4 Å². The molecule has 2 aromatic rings. The van der Waals surface area contributed by atoms with Crippen molar-refractivity contribution >= 4 is 11.4 Å². The maximum Gasteiger partial charge on any atom is 0.272 e. The molecule has 0 amide bonds. The van der Waals surface area contributed by atoms with Gasteiger partial charge < -0.3 is 10.8 Å². The number of nitro groups is 1. The molecule has 0 spiro atoms. The van der Waals surface area contributed by atoms with Gasteiger partial charge in [-0.1, -0.05) is 18.2 Å². The minimum absolute atomic E-state index is 0.00755. The molecule has 3 N–H and O–H groups in total. The number of nitrogens with zero attached hydrogens (tertiary/aromatic N) is 1. The second-order valence-corrected chi connectivity index (χ2v) is 4.00. The summed E-state index contributed by atoms with van der Waals surface area (Å²) in [7, 11) is 0. The fourth-order valence-corrected chi connectivity index (χ4v) is 1.83. The zero-order chi connectivity index (χ0) is 13.3. The number of nitrogens with two attached hydrogens (primary N) is 1. The Bertz CT molecular complexity index is 603. The largest absolute Gasteiger partial charge is 0.507 e. The summed E-state index contributed by atoms with van der Waals surface area (Å²) in [5.41, 5.74) is 7.69. The third-order valence-corrected chi connectivity index (χ3v) is 2.77. The van der Waals surface area contributed by atoms with Crippen LogP contribution in [0.3, 0.4) is 0 Å². The van der Waals surface area contributed by atoms with Gasteiger partial charge in [0.1, 0.15) is 5.75 Å². The van der Waals surface area contributed by atoms with Crippen LogP contribution in [0, 0.1) is 17.0 Å². The summed E-state index contributed by atoms with van der Waals surface area (Å²) >= 11 is 0. The Morgan fingerprint density at radius 3 is 2.61 bits per heavy atom. The first-order valence-corrected chi connectivity index (χ1v) is 5.33. The maximum absolute atomic E-state index is 10.9. The number of nitrogen functional groups attached to an aromatic ring is 1. The average molecular weight is 244 g/mol. The Balaban J connectivity index is 2.65. The molecule has 0 aliphatic carbocycles. The lowest BCUT2D eigenvalue weighted by Gasteiger charge is -2.08. The van der Waals surface area contributed by atoms with E-state index in [1.54, 1.807) is 31.2 Å². The Hall–Kier alpha value is -2.56. The first-order valence-electron chi connectivity index (χ1n) is 5.33. The van der Waals surface area contributed by atoms with Crippen LogP contribution in [0.2, 0.25) is 0 Å². The fourth-order valence-electron chi connectivity index (χ4n) is 1.83. The maximum atomic E-state index is 10.9. The van der Waals surface area contributed by atoms with Crippen molar-refractivity contribution in [1.82, 2.24) is 0 Å². The Kier molecular flexibility index (Phi) is 2.89. The second kappa shape index (κ2) is 4.37. The van der Waals surface area contributed by atoms with Crippen molar-refractivity contribution < 1.29 is 10.0 Å². The standard InChI is InChI=1S/C13H12N2O3/c1-8-5-6-9(7-11(8)15(17)18)13-10(14)3-2-4-12(13)16/h2-7,16H,14H2,1H3. The van der Waals surface area contributed by atoms with E-state index in [0.29, 0.717) is 22.4 Å². The molecule has 0 atom stereocenters. The first-order chi connectivity index (χ1) is 8.50. The molecule has 0 heterocycles. The molecule has 2 rings (SSSR count). The van der Waals surface area contributed by atoms with Crippen LogP contribution in [0.15, 0.2) is 36.4 Å². The van der Waals surface area contributed by atoms with Crippen molar-refractivity contribution in [3.8, 4) is 16.9 Å². The van der Waals surface area contributed by atoms with Crippen molar-refractivity contribution in [1.29, 1.82) is 0 Å². The van der Waals surface area contributed by atoms with E-state index in [9.17, 15) is 15.2 Å². The molecular weight excluding hydrogens is 232 g/mol. The number of hydrogen-bond acceptors (Lipinski definition) is 4. The fraction of sp³-hybridized carbons (Fsp3) is 0.0769. The highest BCUT2D eigenvalue weighted by Gasteiger charge is 2.15. The lowest BCUT2D eigenvalue weighted by atomic mass is 10.0. The molecule has 5 heteroatoms. The monoisotopic (exact) mass is 244 g/mol. The number of aromatic hydroxyl groups is 1. The van der Waals surface area contributed by atoms with E-state index < -0.39 is 4.92 Å². The minimum Gasteiger partial charge on any atom is -0.507 e. The van der Waals surface area contributed by atoms with Crippen molar-refractivity contribution in [2.45, 2.75) is 6.92 Å². The molecule has 0 saturated heterocycles. The van der Waals surface area contributed by atoms with Crippen molar-refractivity contribution in [2.24, 2.45) is 0 Å². The number of phenols is 1. The van der Waals surface area contributed by atoms with Gasteiger partial charge in [0.15, 0.2) is 0 Å². The molecule has 18 heavy (non-hydrogen) atoms. The van der Waals surface area contributed by atoms with E-state index in [-0.39, 0.29) is 11.4 Å². The Morgan fingerprint density at radius 2 is 2.00 bits per heavy atom. The molecule has 0 saturated carbocycles. The third-order valence-electron chi connectivity index (χ3n) is 2.77. The summed E-state index contributed by atoms with van der Waals surface area (Å²) in [6.07, 6.45) is 0. The minimum atomic E-state index is -0.449. The van der Waals surface area contributed by atoms with E-state index in [4.69, 9.17) is 5.73 Å². The van der Waals surface area contributed by atoms with Gasteiger partial charge in [0.05, 0.1) is 4.92 Å². The van der Waals surface area contributed by atoms with E-state index in [2.05, 4.69) is 0 Å². The number of hydrogen-bond donors (Lipinski definition) is 2. The molecular formula is C13H12N2O3. The number of aryl methyl sites for hydroxylation is 1. The van der Waals surface area contributed by atoms with Crippen LogP contribution in [0.5, 0.6) is 5.75 Å². The highest BCUT2D eigenvalue weighted by atomic mass is 16.6. The van der Waals surface area contributed by atoms with Crippen molar-refractivity contribution in [2.75, 3.05) is 5.73 Å². The van der Waals surface area contributed by atoms with Crippen LogP contribution < -0.4 is 5.73 Å². The van der Waals surface area contributed by atoms with Crippen LogP contribution in [-0.4, -0.2) is 10.0 Å². The quantitative estimate of drug-likeness (QED) is 0.483. The lowest BCUT2D eigenvalue weighted by molar-refractivity contribution is -0.385. The first kappa shape index (κ1) is 11.9. The summed E-state index contributed by atoms with van der Waals surface area (Å²) in [6.45, 7) is 1.66. The molecule has 5 nitrogen and oxygen atoms in total. The lowest BCUT2D eigenvalue weighted by Crippen LogP contribution is -1.94. The molecule has 0 fully saturated rings.